The van der Waals surface area contributed by atoms with Gasteiger partial charge in [-0.3, -0.25) is 0 Å². The molecule has 1 atom stereocenters. The van der Waals surface area contributed by atoms with Gasteiger partial charge in [0.15, 0.2) is 0 Å². The highest BCUT2D eigenvalue weighted by Crippen LogP contribution is 2.22. The van der Waals surface area contributed by atoms with Crippen molar-refractivity contribution >= 4 is 15.9 Å². The Morgan fingerprint density at radius 3 is 3.11 bits per heavy atom. The van der Waals surface area contributed by atoms with E-state index in [2.05, 4.69) is 32.6 Å². The van der Waals surface area contributed by atoms with E-state index >= 15 is 0 Å². The van der Waals surface area contributed by atoms with Crippen LogP contribution in [0.1, 0.15) is 18.4 Å². The van der Waals surface area contributed by atoms with Crippen molar-refractivity contribution in [1.82, 2.24) is 10.6 Å². The summed E-state index contributed by atoms with van der Waals surface area (Å²) in [6.45, 7) is 4.30. The average Bonchev–Trinajstić information content (AvgIpc) is 2.88. The molecule has 1 saturated heterocycles. The SMILES string of the molecule is COc1ccc(Br)cc1CNCCC1CCNC1. The standard InChI is InChI=1S/C14H21BrN2O/c1-18-14-3-2-13(15)8-12(14)10-17-7-5-11-4-6-16-9-11/h2-3,8,11,16-17H,4-7,9-10H2,1H3. The Morgan fingerprint density at radius 2 is 2.39 bits per heavy atom. The molecule has 18 heavy (non-hydrogen) atoms. The second kappa shape index (κ2) is 7.12. The van der Waals surface area contributed by atoms with Crippen molar-refractivity contribution in [3.8, 4) is 5.75 Å². The molecule has 1 aromatic rings. The molecule has 0 saturated carbocycles. The van der Waals surface area contributed by atoms with Gasteiger partial charge in [0, 0.05) is 16.6 Å². The summed E-state index contributed by atoms with van der Waals surface area (Å²) in [7, 11) is 1.72. The predicted octanol–water partition coefficient (Wildman–Crippen LogP) is 2.55. The second-order valence-corrected chi connectivity index (χ2v) is 5.70. The molecule has 0 aromatic heterocycles. The van der Waals surface area contributed by atoms with Gasteiger partial charge in [0.25, 0.3) is 0 Å². The lowest BCUT2D eigenvalue weighted by molar-refractivity contribution is 0.406. The van der Waals surface area contributed by atoms with Crippen LogP contribution in [0.25, 0.3) is 0 Å². The maximum Gasteiger partial charge on any atom is 0.123 e. The number of ether oxygens (including phenoxy) is 1. The number of rotatable bonds is 6. The molecular weight excluding hydrogens is 292 g/mol. The van der Waals surface area contributed by atoms with Gasteiger partial charge in [0.2, 0.25) is 0 Å². The third-order valence-corrected chi connectivity index (χ3v) is 3.94. The number of methoxy groups -OCH3 is 1. The molecule has 4 heteroatoms. The van der Waals surface area contributed by atoms with Gasteiger partial charge in [-0.25, -0.2) is 0 Å². The minimum absolute atomic E-state index is 0.849. The smallest absolute Gasteiger partial charge is 0.123 e. The van der Waals surface area contributed by atoms with Crippen molar-refractivity contribution in [3.05, 3.63) is 28.2 Å². The molecule has 2 rings (SSSR count). The van der Waals surface area contributed by atoms with Crippen LogP contribution in [0.15, 0.2) is 22.7 Å². The highest BCUT2D eigenvalue weighted by atomic mass is 79.9. The predicted molar refractivity (Wildman–Crippen MR) is 78.0 cm³/mol. The van der Waals surface area contributed by atoms with Crippen LogP contribution in [0.3, 0.4) is 0 Å². The number of hydrogen-bond donors (Lipinski definition) is 2. The molecule has 0 radical (unpaired) electrons. The summed E-state index contributed by atoms with van der Waals surface area (Å²) in [4.78, 5) is 0. The Morgan fingerprint density at radius 1 is 1.50 bits per heavy atom. The Kier molecular flexibility index (Phi) is 5.47. The van der Waals surface area contributed by atoms with E-state index in [0.29, 0.717) is 0 Å². The minimum atomic E-state index is 0.849. The van der Waals surface area contributed by atoms with E-state index in [1.54, 1.807) is 7.11 Å². The van der Waals surface area contributed by atoms with E-state index < -0.39 is 0 Å². The summed E-state index contributed by atoms with van der Waals surface area (Å²) in [6.07, 6.45) is 2.57. The number of hydrogen-bond acceptors (Lipinski definition) is 3. The van der Waals surface area contributed by atoms with Gasteiger partial charge < -0.3 is 15.4 Å². The van der Waals surface area contributed by atoms with Crippen LogP contribution in [0.5, 0.6) is 5.75 Å². The van der Waals surface area contributed by atoms with Crippen LogP contribution in [0.4, 0.5) is 0 Å². The van der Waals surface area contributed by atoms with Crippen molar-refractivity contribution in [2.45, 2.75) is 19.4 Å². The summed E-state index contributed by atoms with van der Waals surface area (Å²) in [6, 6.07) is 6.12. The number of nitrogens with one attached hydrogen (secondary N) is 2. The monoisotopic (exact) mass is 312 g/mol. The molecule has 0 amide bonds. The zero-order valence-corrected chi connectivity index (χ0v) is 12.4. The maximum absolute atomic E-state index is 5.36. The van der Waals surface area contributed by atoms with E-state index in [-0.39, 0.29) is 0 Å². The summed E-state index contributed by atoms with van der Waals surface area (Å²) in [5, 5.41) is 6.90. The first-order valence-electron chi connectivity index (χ1n) is 6.53. The van der Waals surface area contributed by atoms with E-state index in [9.17, 15) is 0 Å². The van der Waals surface area contributed by atoms with Gasteiger partial charge in [0.05, 0.1) is 7.11 Å². The lowest BCUT2D eigenvalue weighted by Crippen LogP contribution is -2.19. The fraction of sp³-hybridized carbons (Fsp3) is 0.571. The van der Waals surface area contributed by atoms with Gasteiger partial charge >= 0.3 is 0 Å². The Balaban J connectivity index is 1.76. The quantitative estimate of drug-likeness (QED) is 0.792. The lowest BCUT2D eigenvalue weighted by Gasteiger charge is -2.12. The van der Waals surface area contributed by atoms with Crippen LogP contribution < -0.4 is 15.4 Å². The Labute approximate surface area is 117 Å². The van der Waals surface area contributed by atoms with Gasteiger partial charge in [-0.15, -0.1) is 0 Å². The summed E-state index contributed by atoms with van der Waals surface area (Å²) in [5.74, 6) is 1.80. The van der Waals surface area contributed by atoms with E-state index in [1.807, 2.05) is 12.1 Å². The zero-order valence-electron chi connectivity index (χ0n) is 10.8. The molecule has 0 bridgehead atoms. The minimum Gasteiger partial charge on any atom is -0.496 e. The highest BCUT2D eigenvalue weighted by Gasteiger charge is 2.13. The third kappa shape index (κ3) is 3.97. The van der Waals surface area contributed by atoms with Gasteiger partial charge in [-0.1, -0.05) is 15.9 Å². The third-order valence-electron chi connectivity index (χ3n) is 3.45. The molecule has 2 N–H and O–H groups in total. The Hall–Kier alpha value is -0.580. The normalized spacial score (nSPS) is 19.1. The van der Waals surface area contributed by atoms with E-state index in [1.165, 1.54) is 31.5 Å². The molecular formula is C14H21BrN2O. The second-order valence-electron chi connectivity index (χ2n) is 4.78. The Bertz CT molecular complexity index is 378. The van der Waals surface area contributed by atoms with Crippen molar-refractivity contribution in [1.29, 1.82) is 0 Å². The van der Waals surface area contributed by atoms with E-state index in [0.717, 1.165) is 29.2 Å². The van der Waals surface area contributed by atoms with Crippen molar-refractivity contribution < 1.29 is 4.74 Å². The summed E-state index contributed by atoms with van der Waals surface area (Å²) >= 11 is 3.50. The lowest BCUT2D eigenvalue weighted by atomic mass is 10.1. The van der Waals surface area contributed by atoms with Crippen LogP contribution in [0.2, 0.25) is 0 Å². The molecule has 1 aliphatic rings. The molecule has 0 aliphatic carbocycles. The number of benzene rings is 1. The summed E-state index contributed by atoms with van der Waals surface area (Å²) < 4.78 is 6.46. The van der Waals surface area contributed by atoms with Crippen LogP contribution in [0, 0.1) is 5.92 Å². The average molecular weight is 313 g/mol. The molecule has 1 aromatic carbocycles. The first-order chi connectivity index (χ1) is 8.79. The largest absolute Gasteiger partial charge is 0.496 e. The molecule has 3 nitrogen and oxygen atoms in total. The van der Waals surface area contributed by atoms with Crippen molar-refractivity contribution in [2.24, 2.45) is 5.92 Å². The molecule has 100 valence electrons. The van der Waals surface area contributed by atoms with Crippen molar-refractivity contribution in [3.63, 3.8) is 0 Å². The first-order valence-corrected chi connectivity index (χ1v) is 7.32. The molecule has 1 aliphatic heterocycles. The van der Waals surface area contributed by atoms with Gasteiger partial charge in [-0.2, -0.15) is 0 Å². The van der Waals surface area contributed by atoms with Gasteiger partial charge in [0.1, 0.15) is 5.75 Å². The molecule has 0 spiro atoms. The van der Waals surface area contributed by atoms with Gasteiger partial charge in [-0.05, 0) is 56.6 Å². The van der Waals surface area contributed by atoms with E-state index in [4.69, 9.17) is 4.74 Å². The van der Waals surface area contributed by atoms with Crippen LogP contribution in [-0.2, 0) is 6.54 Å². The maximum atomic E-state index is 5.36. The fourth-order valence-electron chi connectivity index (χ4n) is 2.38. The molecule has 1 fully saturated rings. The fourth-order valence-corrected chi connectivity index (χ4v) is 2.78. The zero-order chi connectivity index (χ0) is 12.8. The molecule has 1 heterocycles. The van der Waals surface area contributed by atoms with Crippen LogP contribution >= 0.6 is 15.9 Å². The first kappa shape index (κ1) is 13.8. The molecule has 1 unspecified atom stereocenters. The topological polar surface area (TPSA) is 33.3 Å². The highest BCUT2D eigenvalue weighted by molar-refractivity contribution is 9.10. The number of halogens is 1. The van der Waals surface area contributed by atoms with Crippen LogP contribution in [-0.4, -0.2) is 26.7 Å². The van der Waals surface area contributed by atoms with Crippen molar-refractivity contribution in [2.75, 3.05) is 26.7 Å². The summed E-state index contributed by atoms with van der Waals surface area (Å²) in [5.41, 5.74) is 1.21.